The summed E-state index contributed by atoms with van der Waals surface area (Å²) in [4.78, 5) is 22.0. The van der Waals surface area contributed by atoms with E-state index in [9.17, 15) is 14.0 Å². The summed E-state index contributed by atoms with van der Waals surface area (Å²) in [5.41, 5.74) is 10.8. The molecule has 1 rings (SSSR count). The molecule has 0 radical (unpaired) electrons. The molecule has 0 aromatic heterocycles. The van der Waals surface area contributed by atoms with Crippen LogP contribution in [0.25, 0.3) is 0 Å². The molecule has 0 atom stereocenters. The van der Waals surface area contributed by atoms with Gasteiger partial charge in [0.1, 0.15) is 5.82 Å². The molecule has 0 aliphatic carbocycles. The van der Waals surface area contributed by atoms with Crippen molar-refractivity contribution in [2.75, 3.05) is 12.3 Å². The molecule has 2 amide bonds. The Morgan fingerprint density at radius 2 is 2.06 bits per heavy atom. The zero-order valence-electron chi connectivity index (χ0n) is 9.20. The monoisotopic (exact) mass is 239 g/mol. The highest BCUT2D eigenvalue weighted by molar-refractivity contribution is 5.99. The van der Waals surface area contributed by atoms with Crippen LogP contribution in [-0.2, 0) is 4.79 Å². The second-order valence-corrected chi connectivity index (χ2v) is 3.56. The van der Waals surface area contributed by atoms with Crippen molar-refractivity contribution in [3.05, 3.63) is 29.6 Å². The number of nitrogen functional groups attached to an aromatic ring is 1. The maximum absolute atomic E-state index is 12.9. The maximum Gasteiger partial charge on any atom is 0.253 e. The molecule has 6 heteroatoms. The Morgan fingerprint density at radius 3 is 2.71 bits per heavy atom. The Balaban J connectivity index is 2.52. The van der Waals surface area contributed by atoms with Crippen molar-refractivity contribution in [2.45, 2.75) is 12.8 Å². The molecular formula is C11H14FN3O2. The molecule has 0 saturated carbocycles. The number of nitrogens with one attached hydrogen (secondary N) is 1. The molecule has 0 fully saturated rings. The van der Waals surface area contributed by atoms with Gasteiger partial charge in [0, 0.05) is 18.7 Å². The summed E-state index contributed by atoms with van der Waals surface area (Å²) in [5, 5.41) is 2.53. The minimum atomic E-state index is -0.526. The quantitative estimate of drug-likeness (QED) is 0.512. The average Bonchev–Trinajstić information content (AvgIpc) is 2.27. The van der Waals surface area contributed by atoms with Gasteiger partial charge in [0.2, 0.25) is 5.91 Å². The van der Waals surface area contributed by atoms with E-state index in [0.29, 0.717) is 6.42 Å². The van der Waals surface area contributed by atoms with Gasteiger partial charge in [-0.15, -0.1) is 0 Å². The summed E-state index contributed by atoms with van der Waals surface area (Å²) in [5.74, 6) is -1.42. The molecule has 1 aromatic carbocycles. The molecule has 1 aromatic rings. The number of carbonyl (C=O) groups is 2. The van der Waals surface area contributed by atoms with E-state index < -0.39 is 17.6 Å². The zero-order chi connectivity index (χ0) is 12.8. The first-order valence-electron chi connectivity index (χ1n) is 5.12. The van der Waals surface area contributed by atoms with E-state index in [1.165, 1.54) is 12.1 Å². The predicted molar refractivity (Wildman–Crippen MR) is 61.6 cm³/mol. The van der Waals surface area contributed by atoms with Crippen LogP contribution in [0.15, 0.2) is 18.2 Å². The molecule has 0 bridgehead atoms. The first kappa shape index (κ1) is 13.0. The van der Waals surface area contributed by atoms with Gasteiger partial charge >= 0.3 is 0 Å². The fourth-order valence-corrected chi connectivity index (χ4v) is 1.28. The summed E-state index contributed by atoms with van der Waals surface area (Å²) in [6.45, 7) is 0.289. The topological polar surface area (TPSA) is 98.2 Å². The van der Waals surface area contributed by atoms with Crippen molar-refractivity contribution < 1.29 is 14.0 Å². The fourth-order valence-electron chi connectivity index (χ4n) is 1.28. The van der Waals surface area contributed by atoms with Gasteiger partial charge in [-0.1, -0.05) is 0 Å². The van der Waals surface area contributed by atoms with E-state index in [0.717, 1.165) is 6.07 Å². The lowest BCUT2D eigenvalue weighted by Crippen LogP contribution is -2.26. The zero-order valence-corrected chi connectivity index (χ0v) is 9.20. The molecule has 0 saturated heterocycles. The van der Waals surface area contributed by atoms with Crippen LogP contribution in [0.1, 0.15) is 23.2 Å². The number of hydrogen-bond donors (Lipinski definition) is 3. The number of nitrogens with two attached hydrogens (primary N) is 2. The highest BCUT2D eigenvalue weighted by Gasteiger charge is 2.10. The Labute approximate surface area is 98.0 Å². The lowest BCUT2D eigenvalue weighted by molar-refractivity contribution is -0.118. The number of anilines is 1. The van der Waals surface area contributed by atoms with Crippen LogP contribution in [0.4, 0.5) is 10.1 Å². The normalized spacial score (nSPS) is 9.94. The van der Waals surface area contributed by atoms with Crippen molar-refractivity contribution in [2.24, 2.45) is 5.73 Å². The van der Waals surface area contributed by atoms with Gasteiger partial charge in [-0.2, -0.15) is 0 Å². The van der Waals surface area contributed by atoms with Crippen molar-refractivity contribution in [3.63, 3.8) is 0 Å². The molecule has 0 spiro atoms. The van der Waals surface area contributed by atoms with Gasteiger partial charge in [-0.05, 0) is 24.6 Å². The number of benzene rings is 1. The fraction of sp³-hybridized carbons (Fsp3) is 0.273. The van der Waals surface area contributed by atoms with Gasteiger partial charge in [-0.3, -0.25) is 9.59 Å². The molecule has 0 heterocycles. The van der Waals surface area contributed by atoms with E-state index in [1.54, 1.807) is 0 Å². The standard InChI is InChI=1S/C11H14FN3O2/c12-7-3-4-9(13)8(6-7)11(17)15-5-1-2-10(14)16/h3-4,6H,1-2,5,13H2,(H2,14,16)(H,15,17). The summed E-state index contributed by atoms with van der Waals surface area (Å²) in [6.07, 6.45) is 0.634. The molecule has 92 valence electrons. The predicted octanol–water partition coefficient (Wildman–Crippen LogP) is 0.403. The van der Waals surface area contributed by atoms with E-state index in [1.807, 2.05) is 0 Å². The number of halogens is 1. The molecule has 0 unspecified atom stereocenters. The first-order valence-corrected chi connectivity index (χ1v) is 5.12. The molecule has 17 heavy (non-hydrogen) atoms. The van der Waals surface area contributed by atoms with Crippen LogP contribution in [0.2, 0.25) is 0 Å². The summed E-state index contributed by atoms with van der Waals surface area (Å²) in [6, 6.07) is 3.58. The molecule has 5 N–H and O–H groups in total. The maximum atomic E-state index is 12.9. The van der Waals surface area contributed by atoms with E-state index >= 15 is 0 Å². The van der Waals surface area contributed by atoms with Crippen LogP contribution in [0.3, 0.4) is 0 Å². The van der Waals surface area contributed by atoms with E-state index in [-0.39, 0.29) is 24.2 Å². The van der Waals surface area contributed by atoms with Gasteiger partial charge < -0.3 is 16.8 Å². The Morgan fingerprint density at radius 1 is 1.35 bits per heavy atom. The summed E-state index contributed by atoms with van der Waals surface area (Å²) >= 11 is 0. The Kier molecular flexibility index (Phi) is 4.45. The van der Waals surface area contributed by atoms with E-state index in [4.69, 9.17) is 11.5 Å². The smallest absolute Gasteiger partial charge is 0.253 e. The number of amides is 2. The third-order valence-corrected chi connectivity index (χ3v) is 2.15. The molecular weight excluding hydrogens is 225 g/mol. The Bertz CT molecular complexity index is 435. The second-order valence-electron chi connectivity index (χ2n) is 3.56. The van der Waals surface area contributed by atoms with E-state index in [2.05, 4.69) is 5.32 Å². The first-order chi connectivity index (χ1) is 8.00. The number of carbonyl (C=O) groups excluding carboxylic acids is 2. The van der Waals surface area contributed by atoms with Crippen molar-refractivity contribution in [3.8, 4) is 0 Å². The van der Waals surface area contributed by atoms with Crippen LogP contribution in [0, 0.1) is 5.82 Å². The number of hydrogen-bond acceptors (Lipinski definition) is 3. The Hall–Kier alpha value is -2.11. The highest BCUT2D eigenvalue weighted by Crippen LogP contribution is 2.12. The highest BCUT2D eigenvalue weighted by atomic mass is 19.1. The molecule has 5 nitrogen and oxygen atoms in total. The number of primary amides is 1. The number of rotatable bonds is 5. The van der Waals surface area contributed by atoms with Crippen LogP contribution < -0.4 is 16.8 Å². The van der Waals surface area contributed by atoms with Gasteiger partial charge in [0.15, 0.2) is 0 Å². The molecule has 0 aliphatic heterocycles. The van der Waals surface area contributed by atoms with Crippen molar-refractivity contribution in [1.82, 2.24) is 5.32 Å². The van der Waals surface area contributed by atoms with Gasteiger partial charge in [0.05, 0.1) is 5.56 Å². The second kappa shape index (κ2) is 5.83. The molecule has 0 aliphatic rings. The third kappa shape index (κ3) is 4.10. The lowest BCUT2D eigenvalue weighted by Gasteiger charge is -2.06. The van der Waals surface area contributed by atoms with Crippen molar-refractivity contribution >= 4 is 17.5 Å². The van der Waals surface area contributed by atoms with Crippen molar-refractivity contribution in [1.29, 1.82) is 0 Å². The third-order valence-electron chi connectivity index (χ3n) is 2.15. The van der Waals surface area contributed by atoms with Crippen LogP contribution >= 0.6 is 0 Å². The minimum absolute atomic E-state index is 0.0871. The van der Waals surface area contributed by atoms with Gasteiger partial charge in [0.25, 0.3) is 5.91 Å². The lowest BCUT2D eigenvalue weighted by atomic mass is 10.1. The van der Waals surface area contributed by atoms with Crippen LogP contribution in [-0.4, -0.2) is 18.4 Å². The summed E-state index contributed by atoms with van der Waals surface area (Å²) in [7, 11) is 0. The SMILES string of the molecule is NC(=O)CCCNC(=O)c1cc(F)ccc1N. The van der Waals surface area contributed by atoms with Gasteiger partial charge in [-0.25, -0.2) is 4.39 Å². The largest absolute Gasteiger partial charge is 0.398 e. The average molecular weight is 239 g/mol. The van der Waals surface area contributed by atoms with Crippen LogP contribution in [0.5, 0.6) is 0 Å². The summed E-state index contributed by atoms with van der Waals surface area (Å²) < 4.78 is 12.9. The minimum Gasteiger partial charge on any atom is -0.398 e.